The number of hydrogen-bond acceptors (Lipinski definition) is 3. The topological polar surface area (TPSA) is 29.5 Å². The van der Waals surface area contributed by atoms with Crippen LogP contribution in [0.15, 0.2) is 0 Å². The highest BCUT2D eigenvalue weighted by Crippen LogP contribution is 2.06. The molecule has 9 heavy (non-hydrogen) atoms. The van der Waals surface area contributed by atoms with Gasteiger partial charge in [0.05, 0.1) is 12.4 Å². The molecular weight excluding hydrogens is 138 g/mol. The number of thioether (sulfide) groups is 1. The fraction of sp³-hybridized carbons (Fsp3) is 0.800. The quantitative estimate of drug-likeness (QED) is 0.577. The Hall–Kier alpha value is -0.380. The van der Waals surface area contributed by atoms with Crippen LogP contribution in [0.4, 0.5) is 4.79 Å². The van der Waals surface area contributed by atoms with Crippen LogP contribution < -0.4 is 0 Å². The van der Waals surface area contributed by atoms with E-state index in [9.17, 15) is 4.79 Å². The first-order valence-electron chi connectivity index (χ1n) is 2.75. The number of ether oxygens (including phenoxy) is 1. The molecule has 1 fully saturated rings. The zero-order valence-electron chi connectivity index (χ0n) is 5.29. The van der Waals surface area contributed by atoms with Gasteiger partial charge in [0, 0.05) is 0 Å². The largest absolute Gasteiger partial charge is 0.448 e. The number of carbonyl (C=O) groups is 1. The van der Waals surface area contributed by atoms with Crippen molar-refractivity contribution in [2.24, 2.45) is 0 Å². The van der Waals surface area contributed by atoms with Crippen molar-refractivity contribution in [2.45, 2.75) is 0 Å². The lowest BCUT2D eigenvalue weighted by atomic mass is 10.7. The molecule has 52 valence electrons. The highest BCUT2D eigenvalue weighted by molar-refractivity contribution is 7.98. The van der Waals surface area contributed by atoms with E-state index in [0.717, 1.165) is 12.4 Å². The van der Waals surface area contributed by atoms with E-state index in [-0.39, 0.29) is 6.09 Å². The third-order valence-corrected chi connectivity index (χ3v) is 1.70. The lowest BCUT2D eigenvalue weighted by molar-refractivity contribution is 0.162. The molecule has 0 atom stereocenters. The van der Waals surface area contributed by atoms with Crippen LogP contribution in [0.3, 0.4) is 0 Å². The van der Waals surface area contributed by atoms with Crippen molar-refractivity contribution in [1.29, 1.82) is 0 Å². The summed E-state index contributed by atoms with van der Waals surface area (Å²) in [5.74, 6) is 0.749. The van der Waals surface area contributed by atoms with Crippen LogP contribution in [0.25, 0.3) is 0 Å². The molecule has 1 amide bonds. The number of nitrogens with zero attached hydrogens (tertiary/aromatic N) is 1. The molecule has 0 radical (unpaired) electrons. The van der Waals surface area contributed by atoms with E-state index >= 15 is 0 Å². The van der Waals surface area contributed by atoms with Crippen LogP contribution >= 0.6 is 11.8 Å². The van der Waals surface area contributed by atoms with E-state index in [1.165, 1.54) is 0 Å². The summed E-state index contributed by atoms with van der Waals surface area (Å²) < 4.78 is 4.69. The summed E-state index contributed by atoms with van der Waals surface area (Å²) in [7, 11) is 0. The summed E-state index contributed by atoms with van der Waals surface area (Å²) >= 11 is 1.63. The summed E-state index contributed by atoms with van der Waals surface area (Å²) in [4.78, 5) is 12.3. The van der Waals surface area contributed by atoms with Crippen molar-refractivity contribution in [3.05, 3.63) is 0 Å². The second-order valence-corrected chi connectivity index (χ2v) is 2.63. The van der Waals surface area contributed by atoms with Gasteiger partial charge in [-0.15, -0.1) is 11.8 Å². The first kappa shape index (κ1) is 6.74. The highest BCUT2D eigenvalue weighted by Gasteiger charge is 2.20. The second-order valence-electron chi connectivity index (χ2n) is 1.80. The summed E-state index contributed by atoms with van der Waals surface area (Å²) in [6.45, 7) is 1.30. The minimum absolute atomic E-state index is 0.177. The fourth-order valence-corrected chi connectivity index (χ4v) is 1.24. The molecule has 1 rings (SSSR count). The molecule has 0 aromatic carbocycles. The third kappa shape index (κ3) is 1.51. The van der Waals surface area contributed by atoms with Gasteiger partial charge >= 0.3 is 6.09 Å². The smallest absolute Gasteiger partial charge is 0.410 e. The molecule has 0 spiro atoms. The van der Waals surface area contributed by atoms with Gasteiger partial charge in [-0.05, 0) is 6.26 Å². The van der Waals surface area contributed by atoms with Crippen LogP contribution in [0.2, 0.25) is 0 Å². The van der Waals surface area contributed by atoms with Crippen molar-refractivity contribution in [2.75, 3.05) is 25.3 Å². The second kappa shape index (κ2) is 2.96. The molecule has 0 bridgehead atoms. The molecule has 1 saturated heterocycles. The fourth-order valence-electron chi connectivity index (χ4n) is 0.699. The third-order valence-electron chi connectivity index (χ3n) is 1.13. The Balaban J connectivity index is 2.31. The van der Waals surface area contributed by atoms with Crippen molar-refractivity contribution in [3.63, 3.8) is 0 Å². The number of amides is 1. The molecule has 4 heteroatoms. The van der Waals surface area contributed by atoms with Gasteiger partial charge in [0.25, 0.3) is 0 Å². The van der Waals surface area contributed by atoms with Crippen LogP contribution in [0.1, 0.15) is 0 Å². The average molecular weight is 147 g/mol. The van der Waals surface area contributed by atoms with Crippen LogP contribution in [0, 0.1) is 0 Å². The first-order valence-corrected chi connectivity index (χ1v) is 4.14. The molecule has 1 heterocycles. The summed E-state index contributed by atoms with van der Waals surface area (Å²) in [6.07, 6.45) is 1.79. The first-order chi connectivity index (χ1) is 4.34. The summed E-state index contributed by atoms with van der Waals surface area (Å²) in [6, 6.07) is 0. The van der Waals surface area contributed by atoms with Gasteiger partial charge in [0.1, 0.15) is 6.61 Å². The Morgan fingerprint density at radius 1 is 1.89 bits per heavy atom. The van der Waals surface area contributed by atoms with Crippen molar-refractivity contribution < 1.29 is 9.53 Å². The van der Waals surface area contributed by atoms with Crippen molar-refractivity contribution in [1.82, 2.24) is 4.90 Å². The minimum atomic E-state index is -0.177. The van der Waals surface area contributed by atoms with Crippen LogP contribution in [-0.4, -0.2) is 36.3 Å². The highest BCUT2D eigenvalue weighted by atomic mass is 32.2. The van der Waals surface area contributed by atoms with E-state index in [1.54, 1.807) is 16.7 Å². The molecule has 0 saturated carbocycles. The normalized spacial score (nSPS) is 18.3. The van der Waals surface area contributed by atoms with Gasteiger partial charge in [-0.3, -0.25) is 4.90 Å². The van der Waals surface area contributed by atoms with Crippen molar-refractivity contribution in [3.8, 4) is 0 Å². The van der Waals surface area contributed by atoms with Gasteiger partial charge in [-0.1, -0.05) is 0 Å². The lowest BCUT2D eigenvalue weighted by Crippen LogP contribution is -2.23. The lowest BCUT2D eigenvalue weighted by Gasteiger charge is -2.08. The molecule has 0 aliphatic carbocycles. The van der Waals surface area contributed by atoms with E-state index in [2.05, 4.69) is 0 Å². The Morgan fingerprint density at radius 3 is 3.11 bits per heavy atom. The van der Waals surface area contributed by atoms with Crippen molar-refractivity contribution >= 4 is 17.9 Å². The number of cyclic esters (lactones) is 1. The molecular formula is C5H9NO2S. The maximum absolute atomic E-state index is 10.7. The van der Waals surface area contributed by atoms with Gasteiger partial charge in [-0.2, -0.15) is 0 Å². The molecule has 0 unspecified atom stereocenters. The molecule has 1 aliphatic rings. The molecule has 0 N–H and O–H groups in total. The van der Waals surface area contributed by atoms with E-state index in [4.69, 9.17) is 4.74 Å². The number of carbonyl (C=O) groups excluding carboxylic acids is 1. The summed E-state index contributed by atoms with van der Waals surface area (Å²) in [5, 5.41) is 0. The predicted octanol–water partition coefficient (Wildman–Crippen LogP) is 0.759. The number of hydrogen-bond donors (Lipinski definition) is 0. The van der Waals surface area contributed by atoms with Crippen LogP contribution in [-0.2, 0) is 4.74 Å². The summed E-state index contributed by atoms with van der Waals surface area (Å²) in [5.41, 5.74) is 0. The monoisotopic (exact) mass is 147 g/mol. The Kier molecular flexibility index (Phi) is 2.22. The maximum Gasteiger partial charge on any atom is 0.410 e. The van der Waals surface area contributed by atoms with Gasteiger partial charge in [-0.25, -0.2) is 4.79 Å². The van der Waals surface area contributed by atoms with E-state index in [1.807, 2.05) is 6.26 Å². The molecule has 1 aliphatic heterocycles. The standard InChI is InChI=1S/C5H9NO2S/c1-9-4-6-2-3-8-5(6)7/h2-4H2,1H3. The maximum atomic E-state index is 10.7. The average Bonchev–Trinajstić information content (AvgIpc) is 2.18. The van der Waals surface area contributed by atoms with Gasteiger partial charge in [0.15, 0.2) is 0 Å². The van der Waals surface area contributed by atoms with E-state index in [0.29, 0.717) is 6.61 Å². The SMILES string of the molecule is CSCN1CCOC1=O. The Bertz CT molecular complexity index is 118. The van der Waals surface area contributed by atoms with E-state index < -0.39 is 0 Å². The van der Waals surface area contributed by atoms with Crippen LogP contribution in [0.5, 0.6) is 0 Å². The molecule has 0 aromatic rings. The molecule has 3 nitrogen and oxygen atoms in total. The minimum Gasteiger partial charge on any atom is -0.448 e. The predicted molar refractivity (Wildman–Crippen MR) is 36.4 cm³/mol. The molecule has 0 aromatic heterocycles. The number of rotatable bonds is 2. The Morgan fingerprint density at radius 2 is 2.67 bits per heavy atom. The van der Waals surface area contributed by atoms with Gasteiger partial charge in [0.2, 0.25) is 0 Å². The zero-order valence-corrected chi connectivity index (χ0v) is 6.11. The Labute approximate surface area is 58.4 Å². The van der Waals surface area contributed by atoms with Gasteiger partial charge < -0.3 is 4.74 Å². The zero-order chi connectivity index (χ0) is 6.69.